The number of hydrogen-bond acceptors (Lipinski definition) is 2. The second-order valence-electron chi connectivity index (χ2n) is 5.99. The molecule has 1 N–H and O–H groups in total. The summed E-state index contributed by atoms with van der Waals surface area (Å²) in [7, 11) is 0. The van der Waals surface area contributed by atoms with Crippen molar-refractivity contribution in [3.05, 3.63) is 51.6 Å². The highest BCUT2D eigenvalue weighted by Crippen LogP contribution is 2.37. The Morgan fingerprint density at radius 1 is 1.33 bits per heavy atom. The second-order valence-corrected chi connectivity index (χ2v) is 5.99. The first-order chi connectivity index (χ1) is 10.2. The number of nitrogens with one attached hydrogen (secondary N) is 1. The Hall–Kier alpha value is -1.90. The number of aryl methyl sites for hydroxylation is 1. The highest BCUT2D eigenvalue weighted by molar-refractivity contribution is 5.63. The van der Waals surface area contributed by atoms with Gasteiger partial charge >= 0.3 is 0 Å². The van der Waals surface area contributed by atoms with Crippen LogP contribution in [0.3, 0.4) is 0 Å². The molecule has 3 rings (SSSR count). The van der Waals surface area contributed by atoms with Gasteiger partial charge in [-0.25, -0.2) is 4.98 Å². The molecular formula is C18H22N2O. The number of aromatic nitrogens is 2. The van der Waals surface area contributed by atoms with Gasteiger partial charge < -0.3 is 4.98 Å². The van der Waals surface area contributed by atoms with Crippen LogP contribution in [0.2, 0.25) is 0 Å². The topological polar surface area (TPSA) is 45.8 Å². The number of benzene rings is 1. The molecule has 1 saturated carbocycles. The predicted molar refractivity (Wildman–Crippen MR) is 85.6 cm³/mol. The molecule has 3 heteroatoms. The maximum absolute atomic E-state index is 12.1. The molecule has 1 heterocycles. The van der Waals surface area contributed by atoms with Crippen LogP contribution in [0.1, 0.15) is 55.5 Å². The smallest absolute Gasteiger partial charge is 0.254 e. The number of rotatable bonds is 4. The Morgan fingerprint density at radius 3 is 2.81 bits per heavy atom. The predicted octanol–water partition coefficient (Wildman–Crippen LogP) is 3.97. The minimum Gasteiger partial charge on any atom is -0.310 e. The van der Waals surface area contributed by atoms with Crippen molar-refractivity contribution >= 4 is 0 Å². The van der Waals surface area contributed by atoms with Gasteiger partial charge in [0.15, 0.2) is 0 Å². The van der Waals surface area contributed by atoms with E-state index in [0.717, 1.165) is 29.9 Å². The standard InChI is InChI=1S/C18H22N2O/c1-3-6-16-19-17(12(2)18(21)20-16)15-10-5-9-14(11-15)13-7-4-8-13/h5,9-11,13H,3-4,6-8H2,1-2H3,(H,19,20,21). The molecule has 110 valence electrons. The van der Waals surface area contributed by atoms with Gasteiger partial charge in [-0.1, -0.05) is 31.5 Å². The fourth-order valence-corrected chi connectivity index (χ4v) is 2.90. The molecule has 21 heavy (non-hydrogen) atoms. The van der Waals surface area contributed by atoms with Crippen molar-refractivity contribution in [2.75, 3.05) is 0 Å². The molecule has 0 unspecified atom stereocenters. The molecule has 0 aliphatic heterocycles. The summed E-state index contributed by atoms with van der Waals surface area (Å²) in [6.45, 7) is 3.95. The molecule has 3 nitrogen and oxygen atoms in total. The largest absolute Gasteiger partial charge is 0.310 e. The van der Waals surface area contributed by atoms with Crippen molar-refractivity contribution < 1.29 is 0 Å². The van der Waals surface area contributed by atoms with Crippen LogP contribution in [0.15, 0.2) is 29.1 Å². The van der Waals surface area contributed by atoms with E-state index in [0.29, 0.717) is 11.5 Å². The molecule has 0 bridgehead atoms. The lowest BCUT2D eigenvalue weighted by Gasteiger charge is -2.26. The van der Waals surface area contributed by atoms with Crippen LogP contribution in [0, 0.1) is 6.92 Å². The lowest BCUT2D eigenvalue weighted by atomic mass is 9.79. The average Bonchev–Trinajstić information content (AvgIpc) is 2.41. The SMILES string of the molecule is CCCc1nc(-c2cccc(C3CCC3)c2)c(C)c(=O)[nH]1. The van der Waals surface area contributed by atoms with Crippen LogP contribution in [0.5, 0.6) is 0 Å². The number of nitrogens with zero attached hydrogens (tertiary/aromatic N) is 1. The molecule has 1 fully saturated rings. The zero-order valence-electron chi connectivity index (χ0n) is 12.8. The Kier molecular flexibility index (Phi) is 3.91. The number of H-pyrrole nitrogens is 1. The van der Waals surface area contributed by atoms with Gasteiger partial charge in [-0.2, -0.15) is 0 Å². The van der Waals surface area contributed by atoms with Gasteiger partial charge in [0.05, 0.1) is 5.69 Å². The molecule has 0 radical (unpaired) electrons. The van der Waals surface area contributed by atoms with E-state index >= 15 is 0 Å². The summed E-state index contributed by atoms with van der Waals surface area (Å²) in [5.74, 6) is 1.49. The molecule has 2 aromatic rings. The van der Waals surface area contributed by atoms with Gasteiger partial charge in [-0.15, -0.1) is 0 Å². The summed E-state index contributed by atoms with van der Waals surface area (Å²) >= 11 is 0. The van der Waals surface area contributed by atoms with Gasteiger partial charge in [-0.05, 0) is 43.7 Å². The van der Waals surface area contributed by atoms with Crippen molar-refractivity contribution in [2.24, 2.45) is 0 Å². The molecule has 1 aliphatic carbocycles. The third kappa shape index (κ3) is 2.78. The molecule has 0 saturated heterocycles. The van der Waals surface area contributed by atoms with E-state index in [-0.39, 0.29) is 5.56 Å². The maximum Gasteiger partial charge on any atom is 0.254 e. The van der Waals surface area contributed by atoms with Crippen molar-refractivity contribution in [3.63, 3.8) is 0 Å². The summed E-state index contributed by atoms with van der Waals surface area (Å²) in [6, 6.07) is 8.56. The molecule has 1 aromatic heterocycles. The fourth-order valence-electron chi connectivity index (χ4n) is 2.90. The number of hydrogen-bond donors (Lipinski definition) is 1. The summed E-state index contributed by atoms with van der Waals surface area (Å²) in [5.41, 5.74) is 3.99. The van der Waals surface area contributed by atoms with Crippen molar-refractivity contribution in [1.29, 1.82) is 0 Å². The Bertz CT molecular complexity index is 699. The first-order valence-electron chi connectivity index (χ1n) is 7.89. The highest BCUT2D eigenvalue weighted by atomic mass is 16.1. The summed E-state index contributed by atoms with van der Waals surface area (Å²) in [4.78, 5) is 19.7. The van der Waals surface area contributed by atoms with Crippen LogP contribution < -0.4 is 5.56 Å². The summed E-state index contributed by atoms with van der Waals surface area (Å²) in [6.07, 6.45) is 5.69. The minimum atomic E-state index is -0.0162. The molecule has 0 spiro atoms. The molecular weight excluding hydrogens is 260 g/mol. The Balaban J connectivity index is 2.04. The minimum absolute atomic E-state index is 0.0162. The van der Waals surface area contributed by atoms with E-state index in [1.807, 2.05) is 6.92 Å². The normalized spacial score (nSPS) is 15.0. The fraction of sp³-hybridized carbons (Fsp3) is 0.444. The number of aromatic amines is 1. The molecule has 1 aliphatic rings. The van der Waals surface area contributed by atoms with Crippen LogP contribution in [0.25, 0.3) is 11.3 Å². The van der Waals surface area contributed by atoms with Crippen LogP contribution in [-0.4, -0.2) is 9.97 Å². The van der Waals surface area contributed by atoms with Gasteiger partial charge in [0.25, 0.3) is 5.56 Å². The van der Waals surface area contributed by atoms with E-state index in [4.69, 9.17) is 0 Å². The molecule has 0 amide bonds. The van der Waals surface area contributed by atoms with E-state index in [1.54, 1.807) is 0 Å². The molecule has 0 atom stereocenters. The average molecular weight is 282 g/mol. The van der Waals surface area contributed by atoms with Gasteiger partial charge in [0.2, 0.25) is 0 Å². The Labute approximate surface area is 125 Å². The zero-order chi connectivity index (χ0) is 14.8. The first-order valence-corrected chi connectivity index (χ1v) is 7.89. The van der Waals surface area contributed by atoms with Crippen LogP contribution in [-0.2, 0) is 6.42 Å². The van der Waals surface area contributed by atoms with Gasteiger partial charge in [-0.3, -0.25) is 4.79 Å². The summed E-state index contributed by atoms with van der Waals surface area (Å²) < 4.78 is 0. The van der Waals surface area contributed by atoms with E-state index in [1.165, 1.54) is 24.8 Å². The maximum atomic E-state index is 12.1. The highest BCUT2D eigenvalue weighted by Gasteiger charge is 2.20. The monoisotopic (exact) mass is 282 g/mol. The van der Waals surface area contributed by atoms with Crippen molar-refractivity contribution in [2.45, 2.75) is 51.9 Å². The van der Waals surface area contributed by atoms with E-state index < -0.39 is 0 Å². The Morgan fingerprint density at radius 2 is 2.14 bits per heavy atom. The third-order valence-electron chi connectivity index (χ3n) is 4.42. The van der Waals surface area contributed by atoms with Gasteiger partial charge in [0, 0.05) is 17.5 Å². The first kappa shape index (κ1) is 14.1. The lowest BCUT2D eigenvalue weighted by molar-refractivity contribution is 0.420. The third-order valence-corrected chi connectivity index (χ3v) is 4.42. The lowest BCUT2D eigenvalue weighted by Crippen LogP contribution is -2.16. The van der Waals surface area contributed by atoms with Crippen LogP contribution >= 0.6 is 0 Å². The van der Waals surface area contributed by atoms with Crippen LogP contribution in [0.4, 0.5) is 0 Å². The summed E-state index contributed by atoms with van der Waals surface area (Å²) in [5, 5.41) is 0. The van der Waals surface area contributed by atoms with E-state index in [9.17, 15) is 4.79 Å². The molecule has 1 aromatic carbocycles. The van der Waals surface area contributed by atoms with E-state index in [2.05, 4.69) is 41.2 Å². The van der Waals surface area contributed by atoms with Gasteiger partial charge in [0.1, 0.15) is 5.82 Å². The second kappa shape index (κ2) is 5.84. The van der Waals surface area contributed by atoms with Crippen molar-refractivity contribution in [3.8, 4) is 11.3 Å². The van der Waals surface area contributed by atoms with Crippen molar-refractivity contribution in [1.82, 2.24) is 9.97 Å². The zero-order valence-corrected chi connectivity index (χ0v) is 12.8. The quantitative estimate of drug-likeness (QED) is 0.922.